The van der Waals surface area contributed by atoms with Gasteiger partial charge in [0.2, 0.25) is 15.9 Å². The lowest BCUT2D eigenvalue weighted by Crippen LogP contribution is -2.40. The molecule has 3 rings (SSSR count). The van der Waals surface area contributed by atoms with E-state index in [0.29, 0.717) is 31.9 Å². The van der Waals surface area contributed by atoms with Crippen LogP contribution in [0.1, 0.15) is 5.56 Å². The number of sulfonamides is 1. The number of nitrogens with one attached hydrogen (secondary N) is 1. The number of nitrogens with zero attached hydrogens (tertiary/aromatic N) is 1. The van der Waals surface area contributed by atoms with E-state index in [1.165, 1.54) is 34.7 Å². The number of amides is 1. The van der Waals surface area contributed by atoms with E-state index < -0.39 is 27.6 Å². The highest BCUT2D eigenvalue weighted by Gasteiger charge is 2.25. The highest BCUT2D eigenvalue weighted by molar-refractivity contribution is 7.89. The molecule has 0 aromatic heterocycles. The molecule has 0 radical (unpaired) electrons. The largest absolute Gasteiger partial charge is 0.379 e. The van der Waals surface area contributed by atoms with Gasteiger partial charge in [-0.25, -0.2) is 17.2 Å². The molecule has 1 saturated heterocycles. The number of anilines is 1. The quantitative estimate of drug-likeness (QED) is 0.772. The Labute approximate surface area is 161 Å². The van der Waals surface area contributed by atoms with Gasteiger partial charge in [0.15, 0.2) is 11.6 Å². The molecule has 0 aliphatic carbocycles. The van der Waals surface area contributed by atoms with Gasteiger partial charge in [-0.05, 0) is 35.9 Å². The second-order valence-corrected chi connectivity index (χ2v) is 7.97. The zero-order valence-electron chi connectivity index (χ0n) is 14.8. The van der Waals surface area contributed by atoms with E-state index in [1.54, 1.807) is 12.1 Å². The summed E-state index contributed by atoms with van der Waals surface area (Å²) in [4.78, 5) is 12.1. The van der Waals surface area contributed by atoms with Crippen LogP contribution in [0.4, 0.5) is 14.5 Å². The predicted octanol–water partition coefficient (Wildman–Crippen LogP) is 2.64. The highest BCUT2D eigenvalue weighted by atomic mass is 32.2. The van der Waals surface area contributed by atoms with Crippen LogP contribution in [0.3, 0.4) is 0 Å². The van der Waals surface area contributed by atoms with E-state index in [1.807, 2.05) is 0 Å². The third-order valence-electron chi connectivity index (χ3n) is 4.10. The molecule has 0 bridgehead atoms. The van der Waals surface area contributed by atoms with Gasteiger partial charge in [-0.3, -0.25) is 4.79 Å². The zero-order chi connectivity index (χ0) is 20.1. The minimum atomic E-state index is -3.57. The smallest absolute Gasteiger partial charge is 0.248 e. The number of ether oxygens (including phenoxy) is 1. The lowest BCUT2D eigenvalue weighted by atomic mass is 10.2. The van der Waals surface area contributed by atoms with Crippen LogP contribution in [0, 0.1) is 11.6 Å². The Hall–Kier alpha value is -2.62. The van der Waals surface area contributed by atoms with Gasteiger partial charge in [0.25, 0.3) is 0 Å². The fourth-order valence-corrected chi connectivity index (χ4v) is 4.02. The van der Waals surface area contributed by atoms with Gasteiger partial charge >= 0.3 is 0 Å². The van der Waals surface area contributed by atoms with Crippen LogP contribution < -0.4 is 5.32 Å². The normalized spacial score (nSPS) is 15.6. The zero-order valence-corrected chi connectivity index (χ0v) is 15.6. The first kappa shape index (κ1) is 20.1. The van der Waals surface area contributed by atoms with Crippen LogP contribution in [0.5, 0.6) is 0 Å². The molecule has 1 heterocycles. The lowest BCUT2D eigenvalue weighted by molar-refractivity contribution is -0.111. The number of halogens is 2. The molecule has 1 aliphatic rings. The van der Waals surface area contributed by atoms with Gasteiger partial charge in [-0.1, -0.05) is 12.1 Å². The first-order chi connectivity index (χ1) is 13.4. The maximum atomic E-state index is 13.1. The van der Waals surface area contributed by atoms with E-state index in [2.05, 4.69) is 5.32 Å². The van der Waals surface area contributed by atoms with Gasteiger partial charge in [-0.2, -0.15) is 4.31 Å². The number of benzene rings is 2. The molecular formula is C19H18F2N2O4S. The summed E-state index contributed by atoms with van der Waals surface area (Å²) in [6, 6.07) is 9.14. The molecule has 0 atom stereocenters. The molecular weight excluding hydrogens is 390 g/mol. The van der Waals surface area contributed by atoms with E-state index in [4.69, 9.17) is 4.74 Å². The van der Waals surface area contributed by atoms with Gasteiger partial charge in [0, 0.05) is 30.9 Å². The molecule has 148 valence electrons. The first-order valence-corrected chi connectivity index (χ1v) is 9.92. The minimum absolute atomic E-state index is 0.125. The summed E-state index contributed by atoms with van der Waals surface area (Å²) < 4.78 is 57.7. The molecule has 2 aromatic rings. The van der Waals surface area contributed by atoms with Crippen molar-refractivity contribution < 1.29 is 26.7 Å². The Balaban J connectivity index is 1.64. The van der Waals surface area contributed by atoms with Gasteiger partial charge in [-0.15, -0.1) is 0 Å². The standard InChI is InChI=1S/C19H18F2N2O4S/c20-17-7-4-15(13-18(17)21)22-19(24)8-3-14-1-5-16(6-2-14)28(25,26)23-9-11-27-12-10-23/h1-8,13H,9-12H2,(H,22,24). The SMILES string of the molecule is O=C(C=Cc1ccc(S(=O)(=O)N2CCOCC2)cc1)Nc1ccc(F)c(F)c1. The third-order valence-corrected chi connectivity index (χ3v) is 6.02. The highest BCUT2D eigenvalue weighted by Crippen LogP contribution is 2.18. The molecule has 1 aliphatic heterocycles. The van der Waals surface area contributed by atoms with E-state index >= 15 is 0 Å². The second kappa shape index (κ2) is 8.59. The van der Waals surface area contributed by atoms with Crippen molar-refractivity contribution in [3.8, 4) is 0 Å². The van der Waals surface area contributed by atoms with Crippen molar-refractivity contribution in [2.75, 3.05) is 31.6 Å². The number of rotatable bonds is 5. The van der Waals surface area contributed by atoms with Crippen LogP contribution in [0.2, 0.25) is 0 Å². The fraction of sp³-hybridized carbons (Fsp3) is 0.211. The van der Waals surface area contributed by atoms with Crippen molar-refractivity contribution in [3.05, 3.63) is 65.7 Å². The molecule has 1 amide bonds. The molecule has 1 N–H and O–H groups in total. The van der Waals surface area contributed by atoms with Gasteiger partial charge in [0.1, 0.15) is 0 Å². The Morgan fingerprint density at radius 2 is 1.71 bits per heavy atom. The van der Waals surface area contributed by atoms with Crippen LogP contribution in [0.15, 0.2) is 53.4 Å². The van der Waals surface area contributed by atoms with Gasteiger partial charge in [0.05, 0.1) is 18.1 Å². The third kappa shape index (κ3) is 4.80. The molecule has 28 heavy (non-hydrogen) atoms. The molecule has 1 fully saturated rings. The Kier molecular flexibility index (Phi) is 6.18. The van der Waals surface area contributed by atoms with Crippen LogP contribution in [-0.2, 0) is 19.6 Å². The molecule has 9 heteroatoms. The molecule has 0 spiro atoms. The fourth-order valence-electron chi connectivity index (χ4n) is 2.62. The topological polar surface area (TPSA) is 75.7 Å². The van der Waals surface area contributed by atoms with E-state index in [-0.39, 0.29) is 10.6 Å². The average molecular weight is 408 g/mol. The lowest BCUT2D eigenvalue weighted by Gasteiger charge is -2.26. The Bertz CT molecular complexity index is 985. The Morgan fingerprint density at radius 3 is 2.36 bits per heavy atom. The summed E-state index contributed by atoms with van der Waals surface area (Å²) in [6.07, 6.45) is 2.70. The van der Waals surface area contributed by atoms with Crippen molar-refractivity contribution in [1.82, 2.24) is 4.31 Å². The molecule has 2 aromatic carbocycles. The summed E-state index contributed by atoms with van der Waals surface area (Å²) >= 11 is 0. The summed E-state index contributed by atoms with van der Waals surface area (Å²) in [6.45, 7) is 1.36. The van der Waals surface area contributed by atoms with Crippen molar-refractivity contribution in [1.29, 1.82) is 0 Å². The summed E-state index contributed by atoms with van der Waals surface area (Å²) in [5, 5.41) is 2.41. The van der Waals surface area contributed by atoms with E-state index in [0.717, 1.165) is 12.1 Å². The van der Waals surface area contributed by atoms with Crippen LogP contribution in [-0.4, -0.2) is 44.9 Å². The van der Waals surface area contributed by atoms with Gasteiger partial charge < -0.3 is 10.1 Å². The van der Waals surface area contributed by atoms with Crippen molar-refractivity contribution in [2.45, 2.75) is 4.90 Å². The summed E-state index contributed by atoms with van der Waals surface area (Å²) in [5.74, 6) is -2.59. The van der Waals surface area contributed by atoms with Crippen molar-refractivity contribution in [2.24, 2.45) is 0 Å². The summed E-state index contributed by atoms with van der Waals surface area (Å²) in [5.41, 5.74) is 0.738. The number of carbonyl (C=O) groups excluding carboxylic acids is 1. The average Bonchev–Trinajstić information content (AvgIpc) is 2.70. The number of hydrogen-bond acceptors (Lipinski definition) is 4. The predicted molar refractivity (Wildman–Crippen MR) is 100 cm³/mol. The number of morpholine rings is 1. The molecule has 6 nitrogen and oxygen atoms in total. The molecule has 0 saturated carbocycles. The minimum Gasteiger partial charge on any atom is -0.379 e. The number of carbonyl (C=O) groups is 1. The monoisotopic (exact) mass is 408 g/mol. The maximum absolute atomic E-state index is 13.1. The van der Waals surface area contributed by atoms with Crippen molar-refractivity contribution in [3.63, 3.8) is 0 Å². The molecule has 0 unspecified atom stereocenters. The number of hydrogen-bond donors (Lipinski definition) is 1. The summed E-state index contributed by atoms with van der Waals surface area (Å²) in [7, 11) is -3.57. The second-order valence-electron chi connectivity index (χ2n) is 6.04. The first-order valence-electron chi connectivity index (χ1n) is 8.48. The van der Waals surface area contributed by atoms with Crippen molar-refractivity contribution >= 4 is 27.7 Å². The Morgan fingerprint density at radius 1 is 1.04 bits per heavy atom. The van der Waals surface area contributed by atoms with E-state index in [9.17, 15) is 22.0 Å². The van der Waals surface area contributed by atoms with Crippen LogP contribution in [0.25, 0.3) is 6.08 Å². The maximum Gasteiger partial charge on any atom is 0.248 e. The van der Waals surface area contributed by atoms with Crippen LogP contribution >= 0.6 is 0 Å².